The number of fused-ring (bicyclic) bond motifs is 1. The maximum Gasteiger partial charge on any atom is 0.416 e. The van der Waals surface area contributed by atoms with E-state index < -0.39 is 11.7 Å². The van der Waals surface area contributed by atoms with Crippen LogP contribution in [0.3, 0.4) is 0 Å². The first-order valence-electron chi connectivity index (χ1n) is 8.51. The van der Waals surface area contributed by atoms with E-state index in [-0.39, 0.29) is 12.1 Å². The number of nitrogens with one attached hydrogen (secondary N) is 2. The van der Waals surface area contributed by atoms with Gasteiger partial charge in [-0.25, -0.2) is 9.97 Å². The Bertz CT molecular complexity index is 1120. The summed E-state index contributed by atoms with van der Waals surface area (Å²) in [6.45, 7) is 2.00. The molecule has 0 saturated heterocycles. The molecular weight excluding hydrogens is 387 g/mol. The molecule has 0 unspecified atom stereocenters. The molecule has 4 aromatic rings. The average molecular weight is 403 g/mol. The first kappa shape index (κ1) is 18.4. The van der Waals surface area contributed by atoms with Crippen molar-refractivity contribution in [3.05, 3.63) is 70.2 Å². The van der Waals surface area contributed by atoms with E-state index in [1.165, 1.54) is 17.5 Å². The Kier molecular flexibility index (Phi) is 4.76. The van der Waals surface area contributed by atoms with Crippen molar-refractivity contribution in [2.75, 3.05) is 5.32 Å². The van der Waals surface area contributed by atoms with Crippen molar-refractivity contribution < 1.29 is 13.2 Å². The SMILES string of the molecule is Cc1cnc2[nH]cc(Cc3cnc(NCc4cnccc4C(F)(F)F)s3)c2c1. The zero-order chi connectivity index (χ0) is 19.7. The molecular formula is C19H16F3N5S. The highest BCUT2D eigenvalue weighted by Crippen LogP contribution is 2.32. The molecule has 0 aliphatic heterocycles. The lowest BCUT2D eigenvalue weighted by molar-refractivity contribution is -0.138. The lowest BCUT2D eigenvalue weighted by Crippen LogP contribution is -2.12. The molecule has 0 aromatic carbocycles. The summed E-state index contributed by atoms with van der Waals surface area (Å²) >= 11 is 1.42. The maximum absolute atomic E-state index is 13.1. The van der Waals surface area contributed by atoms with Crippen molar-refractivity contribution in [3.63, 3.8) is 0 Å². The van der Waals surface area contributed by atoms with Crippen LogP contribution < -0.4 is 5.32 Å². The van der Waals surface area contributed by atoms with Gasteiger partial charge in [-0.15, -0.1) is 11.3 Å². The Morgan fingerprint density at radius 3 is 2.82 bits per heavy atom. The summed E-state index contributed by atoms with van der Waals surface area (Å²) in [6, 6.07) is 3.06. The molecule has 2 N–H and O–H groups in total. The second-order valence-electron chi connectivity index (χ2n) is 6.42. The minimum Gasteiger partial charge on any atom is -0.357 e. The molecule has 4 rings (SSSR count). The molecule has 144 valence electrons. The third kappa shape index (κ3) is 3.84. The normalized spacial score (nSPS) is 11.9. The van der Waals surface area contributed by atoms with E-state index in [0.29, 0.717) is 11.6 Å². The molecule has 0 bridgehead atoms. The summed E-state index contributed by atoms with van der Waals surface area (Å²) < 4.78 is 39.2. The molecule has 0 amide bonds. The summed E-state index contributed by atoms with van der Waals surface area (Å²) in [6.07, 6.45) is 4.11. The van der Waals surface area contributed by atoms with Gasteiger partial charge in [0.25, 0.3) is 0 Å². The first-order chi connectivity index (χ1) is 13.4. The van der Waals surface area contributed by atoms with Gasteiger partial charge in [-0.1, -0.05) is 0 Å². The van der Waals surface area contributed by atoms with E-state index in [9.17, 15) is 13.2 Å². The highest BCUT2D eigenvalue weighted by atomic mass is 32.1. The number of hydrogen-bond acceptors (Lipinski definition) is 5. The molecule has 0 spiro atoms. The van der Waals surface area contributed by atoms with Crippen LogP contribution in [0.1, 0.15) is 27.1 Å². The number of halogens is 3. The van der Waals surface area contributed by atoms with E-state index in [4.69, 9.17) is 0 Å². The van der Waals surface area contributed by atoms with Crippen LogP contribution >= 0.6 is 11.3 Å². The lowest BCUT2D eigenvalue weighted by Gasteiger charge is -2.12. The van der Waals surface area contributed by atoms with Crippen molar-refractivity contribution in [1.82, 2.24) is 19.9 Å². The number of rotatable bonds is 5. The fourth-order valence-corrected chi connectivity index (χ4v) is 3.81. The summed E-state index contributed by atoms with van der Waals surface area (Å²) in [4.78, 5) is 16.6. The number of H-pyrrole nitrogens is 1. The van der Waals surface area contributed by atoms with Crippen molar-refractivity contribution in [2.45, 2.75) is 26.1 Å². The quantitative estimate of drug-likeness (QED) is 0.495. The number of pyridine rings is 2. The van der Waals surface area contributed by atoms with Crippen LogP contribution in [0.15, 0.2) is 43.1 Å². The first-order valence-corrected chi connectivity index (χ1v) is 9.33. The van der Waals surface area contributed by atoms with E-state index in [2.05, 4.69) is 31.3 Å². The lowest BCUT2D eigenvalue weighted by atomic mass is 10.1. The minimum atomic E-state index is -4.41. The zero-order valence-electron chi connectivity index (χ0n) is 14.8. The number of aryl methyl sites for hydroxylation is 1. The predicted octanol–water partition coefficient (Wildman–Crippen LogP) is 4.94. The zero-order valence-corrected chi connectivity index (χ0v) is 15.7. The van der Waals surface area contributed by atoms with Crippen LogP contribution in [0, 0.1) is 6.92 Å². The number of hydrogen-bond donors (Lipinski definition) is 2. The minimum absolute atomic E-state index is 0.00579. The van der Waals surface area contributed by atoms with Gasteiger partial charge in [0.1, 0.15) is 5.65 Å². The molecule has 0 fully saturated rings. The van der Waals surface area contributed by atoms with Gasteiger partial charge in [-0.2, -0.15) is 13.2 Å². The van der Waals surface area contributed by atoms with Gasteiger partial charge >= 0.3 is 6.18 Å². The van der Waals surface area contributed by atoms with Crippen LogP contribution in [-0.4, -0.2) is 19.9 Å². The van der Waals surface area contributed by atoms with E-state index in [1.54, 1.807) is 6.20 Å². The Hall–Kier alpha value is -2.94. The Morgan fingerprint density at radius 2 is 2.00 bits per heavy atom. The van der Waals surface area contributed by atoms with Crippen molar-refractivity contribution in [1.29, 1.82) is 0 Å². The molecule has 9 heteroatoms. The summed E-state index contributed by atoms with van der Waals surface area (Å²) in [5.74, 6) is 0. The van der Waals surface area contributed by atoms with Crippen molar-refractivity contribution in [3.8, 4) is 0 Å². The van der Waals surface area contributed by atoms with E-state index in [0.717, 1.165) is 39.3 Å². The molecule has 0 atom stereocenters. The Balaban J connectivity index is 1.47. The molecule has 0 aliphatic rings. The van der Waals surface area contributed by atoms with Crippen LogP contribution in [0.25, 0.3) is 11.0 Å². The van der Waals surface area contributed by atoms with Crippen LogP contribution in [0.2, 0.25) is 0 Å². The third-order valence-electron chi connectivity index (χ3n) is 4.31. The molecule has 4 aromatic heterocycles. The molecule has 0 radical (unpaired) electrons. The monoisotopic (exact) mass is 403 g/mol. The highest BCUT2D eigenvalue weighted by Gasteiger charge is 2.33. The van der Waals surface area contributed by atoms with Crippen LogP contribution in [0.5, 0.6) is 0 Å². The van der Waals surface area contributed by atoms with E-state index in [1.807, 2.05) is 19.3 Å². The second-order valence-corrected chi connectivity index (χ2v) is 7.53. The van der Waals surface area contributed by atoms with Crippen molar-refractivity contribution >= 4 is 27.5 Å². The molecule has 5 nitrogen and oxygen atoms in total. The smallest absolute Gasteiger partial charge is 0.357 e. The molecule has 0 saturated carbocycles. The molecule has 0 aliphatic carbocycles. The molecule has 28 heavy (non-hydrogen) atoms. The number of alkyl halides is 3. The standard InChI is InChI=1S/C19H16F3N5S/c1-11-4-15-12(8-25-17(15)24-6-11)5-14-10-27-18(28-14)26-9-13-7-23-3-2-16(13)19(20,21)22/h2-4,6-8,10H,5,9H2,1H3,(H,24,25)(H,26,27). The number of anilines is 1. The third-order valence-corrected chi connectivity index (χ3v) is 5.27. The Morgan fingerprint density at radius 1 is 1.14 bits per heavy atom. The van der Waals surface area contributed by atoms with Gasteiger partial charge in [0.2, 0.25) is 0 Å². The Labute approximate surface area is 162 Å². The fourth-order valence-electron chi connectivity index (χ4n) is 2.98. The summed E-state index contributed by atoms with van der Waals surface area (Å²) in [5, 5.41) is 4.60. The summed E-state index contributed by atoms with van der Waals surface area (Å²) in [5.41, 5.74) is 2.42. The fraction of sp³-hybridized carbons (Fsp3) is 0.211. The summed E-state index contributed by atoms with van der Waals surface area (Å²) in [7, 11) is 0. The number of aromatic nitrogens is 4. The van der Waals surface area contributed by atoms with Gasteiger partial charge in [-0.05, 0) is 30.2 Å². The topological polar surface area (TPSA) is 66.5 Å². The largest absolute Gasteiger partial charge is 0.416 e. The van der Waals surface area contributed by atoms with Crippen LogP contribution in [0.4, 0.5) is 18.3 Å². The second kappa shape index (κ2) is 7.23. The average Bonchev–Trinajstić information content (AvgIpc) is 3.27. The predicted molar refractivity (Wildman–Crippen MR) is 102 cm³/mol. The molecule has 4 heterocycles. The number of nitrogens with zero attached hydrogens (tertiary/aromatic N) is 3. The van der Waals surface area contributed by atoms with E-state index >= 15 is 0 Å². The number of aromatic amines is 1. The van der Waals surface area contributed by atoms with Crippen molar-refractivity contribution in [2.24, 2.45) is 0 Å². The van der Waals surface area contributed by atoms with Gasteiger partial charge < -0.3 is 10.3 Å². The van der Waals surface area contributed by atoms with Gasteiger partial charge in [0.05, 0.1) is 5.56 Å². The van der Waals surface area contributed by atoms with Gasteiger partial charge in [-0.3, -0.25) is 4.98 Å². The van der Waals surface area contributed by atoms with Gasteiger partial charge in [0, 0.05) is 59.8 Å². The number of thiazole rings is 1. The maximum atomic E-state index is 13.1. The highest BCUT2D eigenvalue weighted by molar-refractivity contribution is 7.15. The van der Waals surface area contributed by atoms with Crippen LogP contribution in [-0.2, 0) is 19.1 Å². The van der Waals surface area contributed by atoms with Gasteiger partial charge in [0.15, 0.2) is 5.13 Å².